The van der Waals surface area contributed by atoms with E-state index in [0.717, 1.165) is 56.3 Å². The van der Waals surface area contributed by atoms with E-state index in [-0.39, 0.29) is 5.91 Å². The van der Waals surface area contributed by atoms with Crippen LogP contribution in [-0.2, 0) is 24.2 Å². The Labute approximate surface area is 218 Å². The first-order chi connectivity index (χ1) is 17.7. The van der Waals surface area contributed by atoms with Gasteiger partial charge in [0.05, 0.1) is 18.4 Å². The summed E-state index contributed by atoms with van der Waals surface area (Å²) >= 11 is 0. The summed E-state index contributed by atoms with van der Waals surface area (Å²) in [5.74, 6) is 0.634. The average molecular weight is 502 g/mol. The van der Waals surface area contributed by atoms with Gasteiger partial charge in [-0.1, -0.05) is 95.6 Å². The van der Waals surface area contributed by atoms with Gasteiger partial charge in [-0.2, -0.15) is 0 Å². The molecule has 0 aromatic carbocycles. The molecule has 0 fully saturated rings. The average Bonchev–Trinajstić information content (AvgIpc) is 3.50. The zero-order valence-corrected chi connectivity index (χ0v) is 22.8. The van der Waals surface area contributed by atoms with Crippen LogP contribution in [0.3, 0.4) is 0 Å². The largest absolute Gasteiger partial charge is 0.369 e. The molecule has 2 aromatic rings. The number of H-pyrrole nitrogens is 1. The van der Waals surface area contributed by atoms with Gasteiger partial charge in [0.15, 0.2) is 5.95 Å². The number of carbonyl (C=O) groups is 1. The third-order valence-corrected chi connectivity index (χ3v) is 6.78. The van der Waals surface area contributed by atoms with E-state index in [9.17, 15) is 4.79 Å². The Kier molecular flexibility index (Phi) is 16.4. The van der Waals surface area contributed by atoms with Crippen molar-refractivity contribution in [2.24, 2.45) is 0 Å². The highest BCUT2D eigenvalue weighted by atomic mass is 16.1. The number of nitrogens with zero attached hydrogens (tertiary/aromatic N) is 4. The second kappa shape index (κ2) is 19.8. The Morgan fingerprint density at radius 2 is 1.50 bits per heavy atom. The molecule has 0 unspecified atom stereocenters. The molecule has 36 heavy (non-hydrogen) atoms. The lowest BCUT2D eigenvalue weighted by molar-refractivity contribution is -0.121. The fraction of sp³-hybridized carbons (Fsp3) is 0.786. The first-order valence-electron chi connectivity index (χ1n) is 14.6. The molecule has 8 nitrogen and oxygen atoms in total. The van der Waals surface area contributed by atoms with Crippen LogP contribution in [0.4, 0.5) is 5.95 Å². The summed E-state index contributed by atoms with van der Waals surface area (Å²) in [4.78, 5) is 19.2. The number of nitrogens with two attached hydrogens (primary N) is 1. The van der Waals surface area contributed by atoms with Crippen LogP contribution in [0.5, 0.6) is 0 Å². The minimum absolute atomic E-state index is 0.150. The van der Waals surface area contributed by atoms with Gasteiger partial charge >= 0.3 is 0 Å². The Balaban J connectivity index is 1.36. The minimum Gasteiger partial charge on any atom is -0.369 e. The number of amides is 1. The topological polar surface area (TPSA) is 115 Å². The Morgan fingerprint density at radius 1 is 0.889 bits per heavy atom. The van der Waals surface area contributed by atoms with E-state index in [2.05, 4.69) is 32.5 Å². The predicted molar refractivity (Wildman–Crippen MR) is 148 cm³/mol. The number of nitrogens with one attached hydrogen (secondary N) is 2. The van der Waals surface area contributed by atoms with Crippen molar-refractivity contribution in [1.82, 2.24) is 30.3 Å². The van der Waals surface area contributed by atoms with Crippen LogP contribution in [0.1, 0.15) is 127 Å². The van der Waals surface area contributed by atoms with E-state index in [0.29, 0.717) is 25.5 Å². The number of imidazole rings is 1. The van der Waals surface area contributed by atoms with Gasteiger partial charge in [0, 0.05) is 24.9 Å². The number of nitrogen functional groups attached to an aromatic ring is 1. The van der Waals surface area contributed by atoms with Crippen LogP contribution in [0.25, 0.3) is 0 Å². The SMILES string of the molecule is CCCCCCCCCCCCCCCC(=O)NCCn1cc(CCCCCc2cnc(N)[nH]2)nn1. The number of anilines is 1. The summed E-state index contributed by atoms with van der Waals surface area (Å²) in [6, 6.07) is 0. The molecule has 8 heteroatoms. The summed E-state index contributed by atoms with van der Waals surface area (Å²) in [5, 5.41) is 11.5. The van der Waals surface area contributed by atoms with Gasteiger partial charge in [0.1, 0.15) is 0 Å². The number of aromatic nitrogens is 5. The quantitative estimate of drug-likeness (QED) is 0.158. The lowest BCUT2D eigenvalue weighted by Crippen LogP contribution is -2.27. The molecule has 0 aliphatic rings. The lowest BCUT2D eigenvalue weighted by Gasteiger charge is -2.05. The molecule has 0 saturated heterocycles. The fourth-order valence-electron chi connectivity index (χ4n) is 4.57. The maximum atomic E-state index is 12.1. The maximum Gasteiger partial charge on any atom is 0.220 e. The summed E-state index contributed by atoms with van der Waals surface area (Å²) in [5.41, 5.74) is 7.70. The first kappa shape index (κ1) is 29.8. The van der Waals surface area contributed by atoms with Crippen molar-refractivity contribution in [2.75, 3.05) is 12.3 Å². The Bertz CT molecular complexity index is 801. The number of hydrogen-bond acceptors (Lipinski definition) is 5. The smallest absolute Gasteiger partial charge is 0.220 e. The highest BCUT2D eigenvalue weighted by molar-refractivity contribution is 5.75. The van der Waals surface area contributed by atoms with E-state index in [1.807, 2.05) is 10.9 Å². The lowest BCUT2D eigenvalue weighted by atomic mass is 10.0. The van der Waals surface area contributed by atoms with Crippen molar-refractivity contribution in [3.63, 3.8) is 0 Å². The molecule has 204 valence electrons. The van der Waals surface area contributed by atoms with Crippen LogP contribution < -0.4 is 11.1 Å². The predicted octanol–water partition coefficient (Wildman–Crippen LogP) is 6.14. The van der Waals surface area contributed by atoms with Crippen molar-refractivity contribution in [1.29, 1.82) is 0 Å². The number of carbonyl (C=O) groups excluding carboxylic acids is 1. The van der Waals surface area contributed by atoms with Crippen LogP contribution in [0.2, 0.25) is 0 Å². The van der Waals surface area contributed by atoms with Gasteiger partial charge < -0.3 is 16.0 Å². The van der Waals surface area contributed by atoms with Crippen molar-refractivity contribution in [3.8, 4) is 0 Å². The van der Waals surface area contributed by atoms with Crippen LogP contribution in [-0.4, -0.2) is 37.4 Å². The van der Waals surface area contributed by atoms with Crippen LogP contribution >= 0.6 is 0 Å². The zero-order chi connectivity index (χ0) is 25.7. The van der Waals surface area contributed by atoms with Gasteiger partial charge in [0.2, 0.25) is 5.91 Å². The Hall–Kier alpha value is -2.38. The van der Waals surface area contributed by atoms with E-state index in [4.69, 9.17) is 5.73 Å². The van der Waals surface area contributed by atoms with Crippen molar-refractivity contribution in [3.05, 3.63) is 23.8 Å². The molecule has 0 saturated carbocycles. The number of aryl methyl sites for hydroxylation is 2. The van der Waals surface area contributed by atoms with Crippen molar-refractivity contribution >= 4 is 11.9 Å². The van der Waals surface area contributed by atoms with Crippen LogP contribution in [0, 0.1) is 0 Å². The highest BCUT2D eigenvalue weighted by Crippen LogP contribution is 2.13. The molecule has 1 amide bonds. The molecule has 2 aromatic heterocycles. The van der Waals surface area contributed by atoms with Gasteiger partial charge in [-0.05, 0) is 32.1 Å². The molecule has 0 aliphatic heterocycles. The minimum atomic E-state index is 0.150. The number of rotatable bonds is 23. The maximum absolute atomic E-state index is 12.1. The zero-order valence-electron chi connectivity index (χ0n) is 22.8. The fourth-order valence-corrected chi connectivity index (χ4v) is 4.57. The summed E-state index contributed by atoms with van der Waals surface area (Å²) in [7, 11) is 0. The highest BCUT2D eigenvalue weighted by Gasteiger charge is 2.04. The van der Waals surface area contributed by atoms with Gasteiger partial charge in [-0.25, -0.2) is 4.98 Å². The van der Waals surface area contributed by atoms with E-state index in [1.54, 1.807) is 6.20 Å². The molecule has 0 bridgehead atoms. The number of hydrogen-bond donors (Lipinski definition) is 3. The second-order valence-corrected chi connectivity index (χ2v) is 10.2. The van der Waals surface area contributed by atoms with Crippen molar-refractivity contribution in [2.45, 2.75) is 135 Å². The summed E-state index contributed by atoms with van der Waals surface area (Å²) in [6.45, 7) is 3.54. The summed E-state index contributed by atoms with van der Waals surface area (Å²) < 4.78 is 1.83. The molecule has 0 spiro atoms. The van der Waals surface area contributed by atoms with E-state index >= 15 is 0 Å². The molecule has 2 rings (SSSR count). The monoisotopic (exact) mass is 501 g/mol. The third kappa shape index (κ3) is 14.9. The molecule has 0 radical (unpaired) electrons. The molecule has 4 N–H and O–H groups in total. The van der Waals surface area contributed by atoms with E-state index < -0.39 is 0 Å². The summed E-state index contributed by atoms with van der Waals surface area (Å²) in [6.07, 6.45) is 26.8. The Morgan fingerprint density at radius 3 is 2.14 bits per heavy atom. The van der Waals surface area contributed by atoms with Crippen LogP contribution in [0.15, 0.2) is 12.4 Å². The third-order valence-electron chi connectivity index (χ3n) is 6.78. The van der Waals surface area contributed by atoms with Gasteiger partial charge in [-0.3, -0.25) is 9.48 Å². The molecular formula is C28H51N7O. The first-order valence-corrected chi connectivity index (χ1v) is 14.6. The van der Waals surface area contributed by atoms with E-state index in [1.165, 1.54) is 70.6 Å². The second-order valence-electron chi connectivity index (χ2n) is 10.2. The van der Waals surface area contributed by atoms with Gasteiger partial charge in [-0.15, -0.1) is 5.10 Å². The number of unbranched alkanes of at least 4 members (excludes halogenated alkanes) is 14. The molecule has 2 heterocycles. The molecule has 0 atom stereocenters. The normalized spacial score (nSPS) is 11.2. The molecular weight excluding hydrogens is 450 g/mol. The molecule has 0 aliphatic carbocycles. The standard InChI is InChI=1S/C28H51N7O/c1-2-3-4-5-6-7-8-9-10-11-12-13-17-20-27(36)30-21-22-35-24-26(33-34-35)19-16-14-15-18-25-23-31-28(29)32-25/h23-24H,2-22H2,1H3,(H,30,36)(H3,29,31,32). The number of aromatic amines is 1. The van der Waals surface area contributed by atoms with Crippen molar-refractivity contribution < 1.29 is 4.79 Å². The van der Waals surface area contributed by atoms with Gasteiger partial charge in [0.25, 0.3) is 0 Å².